The minimum absolute atomic E-state index is 0.0807. The Morgan fingerprint density at radius 2 is 2.05 bits per heavy atom. The molecule has 1 aliphatic carbocycles. The van der Waals surface area contributed by atoms with Gasteiger partial charge in [-0.15, -0.1) is 0 Å². The van der Waals surface area contributed by atoms with E-state index in [4.69, 9.17) is 0 Å². The summed E-state index contributed by atoms with van der Waals surface area (Å²) in [5, 5.41) is 12.4. The van der Waals surface area contributed by atoms with E-state index in [0.717, 1.165) is 34.6 Å². The number of halogens is 2. The first kappa shape index (κ1) is 15.0. The van der Waals surface area contributed by atoms with E-state index in [2.05, 4.69) is 37.2 Å². The number of aliphatic hydroxyl groups excluding tert-OH is 1. The van der Waals surface area contributed by atoms with Crippen molar-refractivity contribution in [3.63, 3.8) is 0 Å². The van der Waals surface area contributed by atoms with E-state index >= 15 is 0 Å². The van der Waals surface area contributed by atoms with Crippen LogP contribution in [0.3, 0.4) is 0 Å². The summed E-state index contributed by atoms with van der Waals surface area (Å²) in [7, 11) is 0. The van der Waals surface area contributed by atoms with Crippen molar-refractivity contribution >= 4 is 37.8 Å². The Kier molecular flexibility index (Phi) is 5.42. The summed E-state index contributed by atoms with van der Waals surface area (Å²) in [4.78, 5) is 12.3. The molecular weight excluding hydrogens is 374 g/mol. The Morgan fingerprint density at radius 1 is 1.32 bits per heavy atom. The summed E-state index contributed by atoms with van der Waals surface area (Å²) < 4.78 is 1.66. The van der Waals surface area contributed by atoms with E-state index in [9.17, 15) is 9.90 Å². The zero-order valence-electron chi connectivity index (χ0n) is 10.5. The SMILES string of the molecule is O=C(NC1CCCCC1CO)c1cc(Br)ccc1Br. The van der Waals surface area contributed by atoms with Crippen LogP contribution in [0.15, 0.2) is 27.1 Å². The summed E-state index contributed by atoms with van der Waals surface area (Å²) in [5.41, 5.74) is 0.622. The minimum Gasteiger partial charge on any atom is -0.396 e. The molecule has 0 aliphatic heterocycles. The van der Waals surface area contributed by atoms with Gasteiger partial charge in [0.2, 0.25) is 0 Å². The van der Waals surface area contributed by atoms with Gasteiger partial charge in [0.25, 0.3) is 5.91 Å². The van der Waals surface area contributed by atoms with Crippen LogP contribution in [0.4, 0.5) is 0 Å². The van der Waals surface area contributed by atoms with Gasteiger partial charge >= 0.3 is 0 Å². The van der Waals surface area contributed by atoms with Gasteiger partial charge in [0.05, 0.1) is 5.56 Å². The molecule has 2 rings (SSSR count). The number of hydrogen-bond donors (Lipinski definition) is 2. The van der Waals surface area contributed by atoms with Crippen molar-refractivity contribution in [2.45, 2.75) is 31.7 Å². The van der Waals surface area contributed by atoms with Crippen LogP contribution >= 0.6 is 31.9 Å². The van der Waals surface area contributed by atoms with Gasteiger partial charge in [0.1, 0.15) is 0 Å². The third-order valence-electron chi connectivity index (χ3n) is 3.63. The Bertz CT molecular complexity index is 465. The number of aliphatic hydroxyl groups is 1. The topological polar surface area (TPSA) is 49.3 Å². The third kappa shape index (κ3) is 3.80. The number of hydrogen-bond acceptors (Lipinski definition) is 2. The molecule has 104 valence electrons. The van der Waals surface area contributed by atoms with Crippen LogP contribution in [0, 0.1) is 5.92 Å². The molecule has 0 heterocycles. The summed E-state index contributed by atoms with van der Waals surface area (Å²) in [6.45, 7) is 0.143. The summed E-state index contributed by atoms with van der Waals surface area (Å²) in [5.74, 6) is 0.0992. The van der Waals surface area contributed by atoms with Gasteiger partial charge in [-0.3, -0.25) is 4.79 Å². The van der Waals surface area contributed by atoms with Gasteiger partial charge in [-0.05, 0) is 47.0 Å². The van der Waals surface area contributed by atoms with Crippen LogP contribution in [-0.2, 0) is 0 Å². The van der Waals surface area contributed by atoms with Crippen molar-refractivity contribution in [1.82, 2.24) is 5.32 Å². The van der Waals surface area contributed by atoms with Gasteiger partial charge in [-0.1, -0.05) is 28.8 Å². The molecule has 1 aromatic rings. The molecule has 2 unspecified atom stereocenters. The molecule has 2 N–H and O–H groups in total. The van der Waals surface area contributed by atoms with E-state index in [1.807, 2.05) is 12.1 Å². The zero-order chi connectivity index (χ0) is 13.8. The lowest BCUT2D eigenvalue weighted by atomic mass is 9.85. The van der Waals surface area contributed by atoms with Crippen molar-refractivity contribution in [2.75, 3.05) is 6.61 Å². The van der Waals surface area contributed by atoms with Crippen molar-refractivity contribution in [3.8, 4) is 0 Å². The number of benzene rings is 1. The number of nitrogens with one attached hydrogen (secondary N) is 1. The first-order valence-corrected chi connectivity index (χ1v) is 8.07. The maximum absolute atomic E-state index is 12.3. The predicted octanol–water partition coefficient (Wildman–Crippen LogP) is 3.49. The van der Waals surface area contributed by atoms with E-state index in [0.29, 0.717) is 5.56 Å². The van der Waals surface area contributed by atoms with Crippen LogP contribution in [0.2, 0.25) is 0 Å². The van der Waals surface area contributed by atoms with E-state index in [1.165, 1.54) is 0 Å². The Hall–Kier alpha value is -0.390. The lowest BCUT2D eigenvalue weighted by Gasteiger charge is -2.31. The van der Waals surface area contributed by atoms with Crippen LogP contribution in [0.25, 0.3) is 0 Å². The highest BCUT2D eigenvalue weighted by atomic mass is 79.9. The molecule has 0 bridgehead atoms. The largest absolute Gasteiger partial charge is 0.396 e. The van der Waals surface area contributed by atoms with Crippen LogP contribution in [-0.4, -0.2) is 23.7 Å². The fourth-order valence-corrected chi connectivity index (χ4v) is 3.32. The number of carbonyl (C=O) groups is 1. The average molecular weight is 391 g/mol. The third-order valence-corrected chi connectivity index (χ3v) is 4.82. The Morgan fingerprint density at radius 3 is 2.79 bits per heavy atom. The highest BCUT2D eigenvalue weighted by Crippen LogP contribution is 2.26. The highest BCUT2D eigenvalue weighted by Gasteiger charge is 2.26. The van der Waals surface area contributed by atoms with Crippen molar-refractivity contribution in [2.24, 2.45) is 5.92 Å². The standard InChI is InChI=1S/C14H17Br2NO2/c15-10-5-6-12(16)11(7-10)14(19)17-13-4-2-1-3-9(13)8-18/h5-7,9,13,18H,1-4,8H2,(H,17,19). The van der Waals surface area contributed by atoms with Crippen molar-refractivity contribution < 1.29 is 9.90 Å². The number of carbonyl (C=O) groups excluding carboxylic acids is 1. The van der Waals surface area contributed by atoms with E-state index in [-0.39, 0.29) is 24.5 Å². The molecular formula is C14H17Br2NO2. The molecule has 0 aromatic heterocycles. The number of amides is 1. The Balaban J connectivity index is 2.09. The minimum atomic E-state index is -0.0847. The lowest BCUT2D eigenvalue weighted by molar-refractivity contribution is 0.0872. The second-order valence-electron chi connectivity index (χ2n) is 4.93. The first-order chi connectivity index (χ1) is 9.11. The molecule has 2 atom stereocenters. The average Bonchev–Trinajstić information content (AvgIpc) is 2.42. The van der Waals surface area contributed by atoms with E-state index in [1.54, 1.807) is 6.07 Å². The predicted molar refractivity (Wildman–Crippen MR) is 82.1 cm³/mol. The molecule has 3 nitrogen and oxygen atoms in total. The molecule has 0 spiro atoms. The smallest absolute Gasteiger partial charge is 0.252 e. The normalized spacial score (nSPS) is 23.1. The molecule has 0 radical (unpaired) electrons. The molecule has 0 saturated heterocycles. The van der Waals surface area contributed by atoms with Gasteiger partial charge in [0.15, 0.2) is 0 Å². The molecule has 1 saturated carbocycles. The summed E-state index contributed by atoms with van der Waals surface area (Å²) in [6.07, 6.45) is 4.18. The second kappa shape index (κ2) is 6.86. The fraction of sp³-hybridized carbons (Fsp3) is 0.500. The van der Waals surface area contributed by atoms with Gasteiger partial charge in [-0.2, -0.15) is 0 Å². The maximum Gasteiger partial charge on any atom is 0.252 e. The van der Waals surface area contributed by atoms with Gasteiger partial charge in [-0.25, -0.2) is 0 Å². The van der Waals surface area contributed by atoms with Crippen LogP contribution in [0.1, 0.15) is 36.0 Å². The molecule has 19 heavy (non-hydrogen) atoms. The van der Waals surface area contributed by atoms with Crippen LogP contribution < -0.4 is 5.32 Å². The van der Waals surface area contributed by atoms with Crippen LogP contribution in [0.5, 0.6) is 0 Å². The highest BCUT2D eigenvalue weighted by molar-refractivity contribution is 9.11. The molecule has 1 aromatic carbocycles. The van der Waals surface area contributed by atoms with Gasteiger partial charge in [0, 0.05) is 27.5 Å². The van der Waals surface area contributed by atoms with Gasteiger partial charge < -0.3 is 10.4 Å². The second-order valence-corrected chi connectivity index (χ2v) is 6.70. The summed E-state index contributed by atoms with van der Waals surface area (Å²) >= 11 is 6.77. The first-order valence-electron chi connectivity index (χ1n) is 6.48. The summed E-state index contributed by atoms with van der Waals surface area (Å²) in [6, 6.07) is 5.62. The number of rotatable bonds is 3. The van der Waals surface area contributed by atoms with Crippen molar-refractivity contribution in [3.05, 3.63) is 32.7 Å². The van der Waals surface area contributed by atoms with E-state index < -0.39 is 0 Å². The van der Waals surface area contributed by atoms with Crippen molar-refractivity contribution in [1.29, 1.82) is 0 Å². The molecule has 1 fully saturated rings. The monoisotopic (exact) mass is 389 g/mol. The lowest BCUT2D eigenvalue weighted by Crippen LogP contribution is -2.43. The molecule has 1 amide bonds. The maximum atomic E-state index is 12.3. The Labute approximate surface area is 130 Å². The quantitative estimate of drug-likeness (QED) is 0.829. The fourth-order valence-electron chi connectivity index (χ4n) is 2.53. The molecule has 1 aliphatic rings. The zero-order valence-corrected chi connectivity index (χ0v) is 13.7. The molecule has 5 heteroatoms.